The molecule has 2 aromatic rings. The van der Waals surface area contributed by atoms with Crippen molar-refractivity contribution >= 4 is 15.9 Å². The first kappa shape index (κ1) is 12.1. The first-order valence-corrected chi connectivity index (χ1v) is 6.38. The fourth-order valence-corrected chi connectivity index (χ4v) is 2.29. The van der Waals surface area contributed by atoms with Crippen molar-refractivity contribution < 1.29 is 4.74 Å². The molecule has 0 fully saturated rings. The molecule has 0 radical (unpaired) electrons. The van der Waals surface area contributed by atoms with Crippen molar-refractivity contribution in [3.8, 4) is 5.75 Å². The molecule has 0 saturated carbocycles. The Labute approximate surface area is 110 Å². The Kier molecular flexibility index (Phi) is 4.15. The van der Waals surface area contributed by atoms with E-state index < -0.39 is 0 Å². The summed E-state index contributed by atoms with van der Waals surface area (Å²) in [5.41, 5.74) is 2.47. The van der Waals surface area contributed by atoms with E-state index in [0.717, 1.165) is 12.2 Å². The van der Waals surface area contributed by atoms with Crippen LogP contribution in [-0.4, -0.2) is 12.1 Å². The van der Waals surface area contributed by atoms with Crippen molar-refractivity contribution in [3.63, 3.8) is 0 Å². The zero-order chi connectivity index (χ0) is 12.1. The SMILES string of the molecule is COc1ccc(CC(Br)c2cccnc2)cc1. The summed E-state index contributed by atoms with van der Waals surface area (Å²) in [4.78, 5) is 4.42. The number of rotatable bonds is 4. The topological polar surface area (TPSA) is 22.1 Å². The first-order valence-electron chi connectivity index (χ1n) is 5.46. The summed E-state index contributed by atoms with van der Waals surface area (Å²) in [6.07, 6.45) is 4.62. The summed E-state index contributed by atoms with van der Waals surface area (Å²) >= 11 is 3.69. The van der Waals surface area contributed by atoms with E-state index in [9.17, 15) is 0 Å². The van der Waals surface area contributed by atoms with E-state index >= 15 is 0 Å². The molecule has 0 amide bonds. The van der Waals surface area contributed by atoms with E-state index in [-0.39, 0.29) is 0 Å². The Morgan fingerprint density at radius 1 is 1.24 bits per heavy atom. The zero-order valence-corrected chi connectivity index (χ0v) is 11.2. The molecule has 1 atom stereocenters. The van der Waals surface area contributed by atoms with Crippen molar-refractivity contribution in [1.29, 1.82) is 0 Å². The number of alkyl halides is 1. The van der Waals surface area contributed by atoms with Gasteiger partial charge in [-0.05, 0) is 35.7 Å². The maximum absolute atomic E-state index is 5.14. The van der Waals surface area contributed by atoms with Crippen molar-refractivity contribution in [2.45, 2.75) is 11.2 Å². The van der Waals surface area contributed by atoms with E-state index in [0.29, 0.717) is 4.83 Å². The number of halogens is 1. The number of ether oxygens (including phenoxy) is 1. The van der Waals surface area contributed by atoms with Gasteiger partial charge < -0.3 is 4.74 Å². The van der Waals surface area contributed by atoms with Crippen LogP contribution in [0.4, 0.5) is 0 Å². The molecule has 0 spiro atoms. The summed E-state index contributed by atoms with van der Waals surface area (Å²) in [6, 6.07) is 12.2. The van der Waals surface area contributed by atoms with E-state index in [1.54, 1.807) is 13.3 Å². The summed E-state index contributed by atoms with van der Waals surface area (Å²) in [6.45, 7) is 0. The molecule has 1 aromatic heterocycles. The lowest BCUT2D eigenvalue weighted by atomic mass is 10.1. The Bertz CT molecular complexity index is 455. The van der Waals surface area contributed by atoms with Crippen molar-refractivity contribution in [2.24, 2.45) is 0 Å². The standard InChI is InChI=1S/C14H14BrNO/c1-17-13-6-4-11(5-7-13)9-14(15)12-3-2-8-16-10-12/h2-8,10,14H,9H2,1H3. The lowest BCUT2D eigenvalue weighted by Gasteiger charge is -2.10. The zero-order valence-electron chi connectivity index (χ0n) is 9.64. The van der Waals surface area contributed by atoms with Crippen molar-refractivity contribution in [3.05, 3.63) is 59.9 Å². The smallest absolute Gasteiger partial charge is 0.118 e. The number of benzene rings is 1. The van der Waals surface area contributed by atoms with Gasteiger partial charge in [0, 0.05) is 17.2 Å². The van der Waals surface area contributed by atoms with E-state index in [4.69, 9.17) is 4.74 Å². The minimum Gasteiger partial charge on any atom is -0.497 e. The molecule has 1 aromatic carbocycles. The Morgan fingerprint density at radius 3 is 2.59 bits per heavy atom. The molecule has 1 heterocycles. The summed E-state index contributed by atoms with van der Waals surface area (Å²) < 4.78 is 5.14. The molecule has 0 N–H and O–H groups in total. The third-order valence-electron chi connectivity index (χ3n) is 2.62. The lowest BCUT2D eigenvalue weighted by molar-refractivity contribution is 0.414. The van der Waals surface area contributed by atoms with E-state index in [1.165, 1.54) is 11.1 Å². The van der Waals surface area contributed by atoms with Gasteiger partial charge in [0.1, 0.15) is 5.75 Å². The van der Waals surface area contributed by atoms with Gasteiger partial charge in [0.2, 0.25) is 0 Å². The van der Waals surface area contributed by atoms with Crippen LogP contribution in [0, 0.1) is 0 Å². The van der Waals surface area contributed by atoms with Crippen LogP contribution in [-0.2, 0) is 6.42 Å². The first-order chi connectivity index (χ1) is 8.29. The molecule has 3 heteroatoms. The number of methoxy groups -OCH3 is 1. The molecule has 2 nitrogen and oxygen atoms in total. The molecule has 88 valence electrons. The van der Waals surface area contributed by atoms with E-state index in [2.05, 4.69) is 39.1 Å². The van der Waals surface area contributed by atoms with Gasteiger partial charge in [-0.25, -0.2) is 0 Å². The Hall–Kier alpha value is -1.35. The fourth-order valence-electron chi connectivity index (χ4n) is 1.65. The predicted molar refractivity (Wildman–Crippen MR) is 72.6 cm³/mol. The van der Waals surface area contributed by atoms with Gasteiger partial charge in [0.15, 0.2) is 0 Å². The third-order valence-corrected chi connectivity index (χ3v) is 3.47. The lowest BCUT2D eigenvalue weighted by Crippen LogP contribution is -1.96. The minimum absolute atomic E-state index is 0.296. The second-order valence-electron chi connectivity index (χ2n) is 3.81. The molecule has 0 bridgehead atoms. The summed E-state index contributed by atoms with van der Waals surface area (Å²) in [7, 11) is 1.68. The third kappa shape index (κ3) is 3.30. The van der Waals surface area contributed by atoms with Crippen LogP contribution in [0.25, 0.3) is 0 Å². The predicted octanol–water partition coefficient (Wildman–Crippen LogP) is 3.77. The summed E-state index contributed by atoms with van der Waals surface area (Å²) in [5, 5.41) is 0. The highest BCUT2D eigenvalue weighted by Gasteiger charge is 2.08. The van der Waals surface area contributed by atoms with Crippen LogP contribution >= 0.6 is 15.9 Å². The Balaban J connectivity index is 2.05. The average molecular weight is 292 g/mol. The van der Waals surface area contributed by atoms with Gasteiger partial charge in [-0.3, -0.25) is 4.98 Å². The van der Waals surface area contributed by atoms with Gasteiger partial charge in [-0.15, -0.1) is 0 Å². The van der Waals surface area contributed by atoms with Crippen LogP contribution in [0.3, 0.4) is 0 Å². The Morgan fingerprint density at radius 2 is 2.00 bits per heavy atom. The number of nitrogens with zero attached hydrogens (tertiary/aromatic N) is 1. The van der Waals surface area contributed by atoms with Crippen molar-refractivity contribution in [1.82, 2.24) is 4.98 Å². The van der Waals surface area contributed by atoms with Gasteiger partial charge in [0.25, 0.3) is 0 Å². The highest BCUT2D eigenvalue weighted by molar-refractivity contribution is 9.09. The number of aromatic nitrogens is 1. The second-order valence-corrected chi connectivity index (χ2v) is 4.91. The molecule has 2 rings (SSSR count). The van der Waals surface area contributed by atoms with Crippen LogP contribution < -0.4 is 4.74 Å². The highest BCUT2D eigenvalue weighted by atomic mass is 79.9. The largest absolute Gasteiger partial charge is 0.497 e. The van der Waals surface area contributed by atoms with Gasteiger partial charge in [0.05, 0.1) is 7.11 Å². The molecule has 0 aliphatic carbocycles. The molecule has 0 saturated heterocycles. The quantitative estimate of drug-likeness (QED) is 0.800. The molecule has 17 heavy (non-hydrogen) atoms. The summed E-state index contributed by atoms with van der Waals surface area (Å²) in [5.74, 6) is 0.890. The minimum atomic E-state index is 0.296. The van der Waals surface area contributed by atoms with Crippen LogP contribution in [0.15, 0.2) is 48.8 Å². The monoisotopic (exact) mass is 291 g/mol. The van der Waals surface area contributed by atoms with Gasteiger partial charge in [-0.1, -0.05) is 34.1 Å². The maximum atomic E-state index is 5.14. The maximum Gasteiger partial charge on any atom is 0.118 e. The van der Waals surface area contributed by atoms with E-state index in [1.807, 2.05) is 24.4 Å². The number of hydrogen-bond donors (Lipinski definition) is 0. The van der Waals surface area contributed by atoms with Crippen LogP contribution in [0.5, 0.6) is 5.75 Å². The second kappa shape index (κ2) is 5.82. The average Bonchev–Trinajstić information content (AvgIpc) is 2.40. The number of hydrogen-bond acceptors (Lipinski definition) is 2. The molecule has 0 aliphatic heterocycles. The van der Waals surface area contributed by atoms with Crippen LogP contribution in [0.2, 0.25) is 0 Å². The molecule has 0 aliphatic rings. The molecular weight excluding hydrogens is 278 g/mol. The van der Waals surface area contributed by atoms with Crippen LogP contribution in [0.1, 0.15) is 16.0 Å². The number of pyridine rings is 1. The highest BCUT2D eigenvalue weighted by Crippen LogP contribution is 2.26. The van der Waals surface area contributed by atoms with Crippen molar-refractivity contribution in [2.75, 3.05) is 7.11 Å². The fraction of sp³-hybridized carbons (Fsp3) is 0.214. The molecule has 1 unspecified atom stereocenters. The van der Waals surface area contributed by atoms with Gasteiger partial charge >= 0.3 is 0 Å². The molecular formula is C14H14BrNO. The van der Waals surface area contributed by atoms with Gasteiger partial charge in [-0.2, -0.15) is 0 Å². The normalized spacial score (nSPS) is 12.1.